The lowest BCUT2D eigenvalue weighted by Gasteiger charge is -2.28. The number of carbonyl (C=O) groups is 1. The van der Waals surface area contributed by atoms with Crippen molar-refractivity contribution in [1.82, 2.24) is 4.90 Å². The zero-order valence-electron chi connectivity index (χ0n) is 12.6. The summed E-state index contributed by atoms with van der Waals surface area (Å²) in [6.45, 7) is 2.02. The van der Waals surface area contributed by atoms with Crippen molar-refractivity contribution in [3.05, 3.63) is 71.8 Å². The van der Waals surface area contributed by atoms with Crippen LogP contribution in [0.4, 0.5) is 0 Å². The monoisotopic (exact) mass is 282 g/mol. The summed E-state index contributed by atoms with van der Waals surface area (Å²) < 4.78 is 0. The summed E-state index contributed by atoms with van der Waals surface area (Å²) in [5.74, 6) is -0.0322. The Morgan fingerprint density at radius 1 is 1.05 bits per heavy atom. The molecule has 2 atom stereocenters. The Labute approximate surface area is 126 Å². The van der Waals surface area contributed by atoms with Gasteiger partial charge in [-0.1, -0.05) is 60.7 Å². The van der Waals surface area contributed by atoms with Gasteiger partial charge in [0.05, 0.1) is 12.1 Å². The molecule has 2 rings (SSSR count). The molecule has 0 radical (unpaired) electrons. The second kappa shape index (κ2) is 7.04. The molecule has 0 aliphatic rings. The number of amides is 1. The van der Waals surface area contributed by atoms with E-state index in [0.717, 1.165) is 11.1 Å². The van der Waals surface area contributed by atoms with E-state index < -0.39 is 6.04 Å². The van der Waals surface area contributed by atoms with Crippen molar-refractivity contribution >= 4 is 5.91 Å². The van der Waals surface area contributed by atoms with Gasteiger partial charge in [-0.3, -0.25) is 4.79 Å². The molecule has 2 aromatic rings. The van der Waals surface area contributed by atoms with Gasteiger partial charge in [0.2, 0.25) is 5.91 Å². The van der Waals surface area contributed by atoms with Crippen molar-refractivity contribution in [1.29, 1.82) is 0 Å². The predicted octanol–water partition coefficient (Wildman–Crippen LogP) is 2.78. The Kier molecular flexibility index (Phi) is 5.12. The molecule has 21 heavy (non-hydrogen) atoms. The number of carbonyl (C=O) groups excluding carboxylic acids is 1. The van der Waals surface area contributed by atoms with E-state index in [1.54, 1.807) is 4.90 Å². The smallest absolute Gasteiger partial charge is 0.240 e. The molecule has 0 saturated heterocycles. The van der Waals surface area contributed by atoms with Gasteiger partial charge in [-0.25, -0.2) is 0 Å². The molecular weight excluding hydrogens is 260 g/mol. The van der Waals surface area contributed by atoms with Crippen LogP contribution in [0.15, 0.2) is 60.7 Å². The highest BCUT2D eigenvalue weighted by Gasteiger charge is 2.22. The maximum absolute atomic E-state index is 12.5. The Balaban J connectivity index is 2.01. The first-order chi connectivity index (χ1) is 10.1. The highest BCUT2D eigenvalue weighted by atomic mass is 16.2. The number of nitrogens with two attached hydrogens (primary N) is 1. The summed E-state index contributed by atoms with van der Waals surface area (Å²) in [5.41, 5.74) is 8.27. The zero-order chi connectivity index (χ0) is 15.2. The maximum Gasteiger partial charge on any atom is 0.240 e. The van der Waals surface area contributed by atoms with E-state index in [1.807, 2.05) is 74.6 Å². The van der Waals surface area contributed by atoms with Crippen LogP contribution in [0.1, 0.15) is 24.1 Å². The molecule has 3 heteroatoms. The van der Waals surface area contributed by atoms with Crippen molar-refractivity contribution in [3.63, 3.8) is 0 Å². The van der Waals surface area contributed by atoms with Crippen LogP contribution >= 0.6 is 0 Å². The van der Waals surface area contributed by atoms with Gasteiger partial charge in [0.1, 0.15) is 0 Å². The van der Waals surface area contributed by atoms with Gasteiger partial charge < -0.3 is 10.6 Å². The molecule has 0 aliphatic heterocycles. The molecule has 0 saturated carbocycles. The van der Waals surface area contributed by atoms with Crippen LogP contribution in [0.5, 0.6) is 0 Å². The quantitative estimate of drug-likeness (QED) is 0.916. The largest absolute Gasteiger partial charge is 0.338 e. The standard InChI is InChI=1S/C18H22N2O/c1-14(16-11-7-4-8-12-16)20(2)18(21)17(19)13-15-9-5-3-6-10-15/h3-12,14,17H,13,19H2,1-2H3/t14?,17-/m0/s1. The molecule has 0 fully saturated rings. The van der Waals surface area contributed by atoms with E-state index in [9.17, 15) is 4.79 Å². The third-order valence-corrected chi connectivity index (χ3v) is 3.83. The zero-order valence-corrected chi connectivity index (χ0v) is 12.6. The highest BCUT2D eigenvalue weighted by Crippen LogP contribution is 2.19. The lowest BCUT2D eigenvalue weighted by molar-refractivity contribution is -0.133. The minimum absolute atomic E-state index is 0.0144. The Morgan fingerprint density at radius 3 is 2.14 bits per heavy atom. The van der Waals surface area contributed by atoms with Crippen LogP contribution in [0.3, 0.4) is 0 Å². The van der Waals surface area contributed by atoms with Gasteiger partial charge in [0, 0.05) is 7.05 Å². The summed E-state index contributed by atoms with van der Waals surface area (Å²) in [4.78, 5) is 14.2. The van der Waals surface area contributed by atoms with Crippen molar-refractivity contribution in [2.24, 2.45) is 5.73 Å². The number of hydrogen-bond donors (Lipinski definition) is 1. The van der Waals surface area contributed by atoms with E-state index >= 15 is 0 Å². The number of nitrogens with zero attached hydrogens (tertiary/aromatic N) is 1. The molecule has 1 amide bonds. The Bertz CT molecular complexity index is 568. The highest BCUT2D eigenvalue weighted by molar-refractivity contribution is 5.82. The summed E-state index contributed by atoms with van der Waals surface area (Å²) in [6.07, 6.45) is 0.561. The first-order valence-corrected chi connectivity index (χ1v) is 7.20. The molecule has 2 aromatic carbocycles. The van der Waals surface area contributed by atoms with Crippen LogP contribution in [0.2, 0.25) is 0 Å². The number of benzene rings is 2. The Morgan fingerprint density at radius 2 is 1.57 bits per heavy atom. The molecule has 0 spiro atoms. The van der Waals surface area contributed by atoms with Crippen LogP contribution < -0.4 is 5.73 Å². The normalized spacial score (nSPS) is 13.5. The van der Waals surface area contributed by atoms with E-state index in [4.69, 9.17) is 5.73 Å². The van der Waals surface area contributed by atoms with E-state index in [1.165, 1.54) is 0 Å². The number of likely N-dealkylation sites (N-methyl/N-ethyl adjacent to an activating group) is 1. The fourth-order valence-corrected chi connectivity index (χ4v) is 2.36. The molecule has 0 aromatic heterocycles. The summed E-state index contributed by atoms with van der Waals surface area (Å²) in [7, 11) is 1.81. The lowest BCUT2D eigenvalue weighted by Crippen LogP contribution is -2.44. The van der Waals surface area contributed by atoms with Crippen molar-refractivity contribution in [3.8, 4) is 0 Å². The average molecular weight is 282 g/mol. The third-order valence-electron chi connectivity index (χ3n) is 3.83. The first-order valence-electron chi connectivity index (χ1n) is 7.20. The second-order valence-electron chi connectivity index (χ2n) is 5.33. The molecule has 0 heterocycles. The fourth-order valence-electron chi connectivity index (χ4n) is 2.36. The van der Waals surface area contributed by atoms with Gasteiger partial charge in [-0.15, -0.1) is 0 Å². The van der Waals surface area contributed by atoms with Crippen molar-refractivity contribution in [2.45, 2.75) is 25.4 Å². The minimum atomic E-state index is -0.511. The summed E-state index contributed by atoms with van der Waals surface area (Å²) in [5, 5.41) is 0. The van der Waals surface area contributed by atoms with Crippen molar-refractivity contribution in [2.75, 3.05) is 7.05 Å². The minimum Gasteiger partial charge on any atom is -0.338 e. The van der Waals surface area contributed by atoms with E-state index in [2.05, 4.69) is 0 Å². The van der Waals surface area contributed by atoms with Crippen molar-refractivity contribution < 1.29 is 4.79 Å². The SMILES string of the molecule is CC(c1ccccc1)N(C)C(=O)[C@@H](N)Cc1ccccc1. The molecule has 0 aliphatic carbocycles. The molecule has 0 bridgehead atoms. The Hall–Kier alpha value is -2.13. The molecule has 3 nitrogen and oxygen atoms in total. The predicted molar refractivity (Wildman–Crippen MR) is 85.7 cm³/mol. The number of rotatable bonds is 5. The summed E-state index contributed by atoms with van der Waals surface area (Å²) >= 11 is 0. The second-order valence-corrected chi connectivity index (χ2v) is 5.33. The maximum atomic E-state index is 12.5. The molecule has 110 valence electrons. The van der Waals surface area contributed by atoms with E-state index in [-0.39, 0.29) is 11.9 Å². The molecular formula is C18H22N2O. The van der Waals surface area contributed by atoms with Crippen LogP contribution in [0, 0.1) is 0 Å². The van der Waals surface area contributed by atoms with Gasteiger partial charge in [-0.05, 0) is 24.5 Å². The van der Waals surface area contributed by atoms with Gasteiger partial charge in [0.15, 0.2) is 0 Å². The average Bonchev–Trinajstić information content (AvgIpc) is 2.54. The van der Waals surface area contributed by atoms with Crippen LogP contribution in [-0.2, 0) is 11.2 Å². The molecule has 2 N–H and O–H groups in total. The molecule has 1 unspecified atom stereocenters. The van der Waals surface area contributed by atoms with E-state index in [0.29, 0.717) is 6.42 Å². The van der Waals surface area contributed by atoms with Crippen LogP contribution in [0.25, 0.3) is 0 Å². The topological polar surface area (TPSA) is 46.3 Å². The summed E-state index contributed by atoms with van der Waals surface area (Å²) in [6, 6.07) is 19.4. The van der Waals surface area contributed by atoms with Crippen LogP contribution in [-0.4, -0.2) is 23.9 Å². The van der Waals surface area contributed by atoms with Gasteiger partial charge in [-0.2, -0.15) is 0 Å². The first kappa shape index (κ1) is 15.3. The number of hydrogen-bond acceptors (Lipinski definition) is 2. The lowest BCUT2D eigenvalue weighted by atomic mass is 10.0. The third kappa shape index (κ3) is 3.92. The van der Waals surface area contributed by atoms with Gasteiger partial charge >= 0.3 is 0 Å². The van der Waals surface area contributed by atoms with Gasteiger partial charge in [0.25, 0.3) is 0 Å². The fraction of sp³-hybridized carbons (Fsp3) is 0.278.